The van der Waals surface area contributed by atoms with Gasteiger partial charge < -0.3 is 10.2 Å². The maximum absolute atomic E-state index is 12.3. The number of hydrogen-bond acceptors (Lipinski definition) is 3. The Labute approximate surface area is 157 Å². The molecule has 0 aromatic carbocycles. The first-order chi connectivity index (χ1) is 12.3. The summed E-state index contributed by atoms with van der Waals surface area (Å²) in [5.41, 5.74) is 0.0677. The van der Waals surface area contributed by atoms with Gasteiger partial charge in [0.05, 0.1) is 5.60 Å². The maximum Gasteiger partial charge on any atom is 0.303 e. The van der Waals surface area contributed by atoms with Crippen molar-refractivity contribution in [3.8, 4) is 0 Å². The largest absolute Gasteiger partial charge is 0.481 e. The highest BCUT2D eigenvalue weighted by molar-refractivity contribution is 5.87. The number of aliphatic carboxylic acids is 1. The van der Waals surface area contributed by atoms with E-state index in [9.17, 15) is 14.7 Å². The van der Waals surface area contributed by atoms with E-state index in [1.54, 1.807) is 0 Å². The summed E-state index contributed by atoms with van der Waals surface area (Å²) in [5.74, 6) is -0.730. The third kappa shape index (κ3) is 8.13. The number of allylic oxidation sites excluding steroid dienone is 4. The topological polar surface area (TPSA) is 74.6 Å². The molecule has 1 rings (SSSR count). The Morgan fingerprint density at radius 1 is 1.31 bits per heavy atom. The Balaban J connectivity index is 2.59. The van der Waals surface area contributed by atoms with Crippen LogP contribution in [0.1, 0.15) is 71.6 Å². The zero-order chi connectivity index (χ0) is 19.6. The highest BCUT2D eigenvalue weighted by Crippen LogP contribution is 2.37. The van der Waals surface area contributed by atoms with E-state index in [-0.39, 0.29) is 24.0 Å². The van der Waals surface area contributed by atoms with E-state index in [0.29, 0.717) is 25.7 Å². The third-order valence-corrected chi connectivity index (χ3v) is 4.99. The highest BCUT2D eigenvalue weighted by Gasteiger charge is 2.35. The zero-order valence-corrected chi connectivity index (χ0v) is 16.2. The fourth-order valence-corrected chi connectivity index (χ4v) is 3.36. The van der Waals surface area contributed by atoms with E-state index in [1.807, 2.05) is 31.2 Å². The molecule has 1 aliphatic rings. The molecule has 2 N–H and O–H groups in total. The Kier molecular flexibility index (Phi) is 9.57. The van der Waals surface area contributed by atoms with E-state index in [0.717, 1.165) is 31.3 Å². The van der Waals surface area contributed by atoms with Crippen molar-refractivity contribution in [1.82, 2.24) is 0 Å². The second-order valence-electron chi connectivity index (χ2n) is 7.60. The second kappa shape index (κ2) is 11.1. The molecule has 1 aliphatic carbocycles. The molecule has 0 heterocycles. The number of carbonyl (C=O) groups excluding carboxylic acids is 1. The number of unbranched alkanes of at least 4 members (excludes halogenated alkanes) is 3. The van der Waals surface area contributed by atoms with Crippen LogP contribution < -0.4 is 0 Å². The van der Waals surface area contributed by atoms with Gasteiger partial charge in [-0.1, -0.05) is 62.6 Å². The SMILES string of the molecule is C=C1CC(=O)[C@H](CC=CCCCC(=O)O)[C@H]1C=C[C@](C)(O)CCCCC. The molecular formula is C22H34O4. The van der Waals surface area contributed by atoms with E-state index in [1.165, 1.54) is 0 Å². The summed E-state index contributed by atoms with van der Waals surface area (Å²) in [4.78, 5) is 22.8. The van der Waals surface area contributed by atoms with Crippen LogP contribution in [0.4, 0.5) is 0 Å². The molecule has 0 aliphatic heterocycles. The van der Waals surface area contributed by atoms with Gasteiger partial charge in [0.1, 0.15) is 5.78 Å². The van der Waals surface area contributed by atoms with Crippen molar-refractivity contribution in [2.24, 2.45) is 11.8 Å². The molecule has 3 atom stereocenters. The predicted octanol–water partition coefficient (Wildman–Crippen LogP) is 4.84. The average molecular weight is 363 g/mol. The van der Waals surface area contributed by atoms with Crippen LogP contribution in [0.25, 0.3) is 0 Å². The fourth-order valence-electron chi connectivity index (χ4n) is 3.36. The summed E-state index contributed by atoms with van der Waals surface area (Å²) in [6.07, 6.45) is 14.2. The first-order valence-electron chi connectivity index (χ1n) is 9.75. The number of ketones is 1. The molecule has 0 aromatic heterocycles. The summed E-state index contributed by atoms with van der Waals surface area (Å²) in [6, 6.07) is 0. The average Bonchev–Trinajstić information content (AvgIpc) is 2.82. The van der Waals surface area contributed by atoms with Crippen molar-refractivity contribution in [3.05, 3.63) is 36.5 Å². The lowest BCUT2D eigenvalue weighted by molar-refractivity contribution is -0.137. The number of Topliss-reactive ketones (excluding diaryl/α,β-unsaturated/α-hetero) is 1. The molecule has 0 unspecified atom stereocenters. The molecule has 0 aromatic rings. The van der Waals surface area contributed by atoms with Gasteiger partial charge in [0.2, 0.25) is 0 Å². The first kappa shape index (κ1) is 22.4. The molecule has 0 radical (unpaired) electrons. The minimum Gasteiger partial charge on any atom is -0.481 e. The van der Waals surface area contributed by atoms with E-state index in [4.69, 9.17) is 5.11 Å². The van der Waals surface area contributed by atoms with Crippen LogP contribution in [0.5, 0.6) is 0 Å². The first-order valence-corrected chi connectivity index (χ1v) is 9.75. The van der Waals surface area contributed by atoms with Crippen molar-refractivity contribution in [2.75, 3.05) is 0 Å². The van der Waals surface area contributed by atoms with Crippen LogP contribution in [0.15, 0.2) is 36.5 Å². The Morgan fingerprint density at radius 2 is 2.04 bits per heavy atom. The summed E-state index contributed by atoms with van der Waals surface area (Å²) < 4.78 is 0. The van der Waals surface area contributed by atoms with Crippen LogP contribution in [0.2, 0.25) is 0 Å². The third-order valence-electron chi connectivity index (χ3n) is 4.99. The van der Waals surface area contributed by atoms with Crippen molar-refractivity contribution in [1.29, 1.82) is 0 Å². The van der Waals surface area contributed by atoms with E-state index >= 15 is 0 Å². The van der Waals surface area contributed by atoms with Gasteiger partial charge in [-0.2, -0.15) is 0 Å². The van der Waals surface area contributed by atoms with Gasteiger partial charge in [-0.15, -0.1) is 0 Å². The Bertz CT molecular complexity index is 542. The predicted molar refractivity (Wildman–Crippen MR) is 105 cm³/mol. The number of carbonyl (C=O) groups is 2. The maximum atomic E-state index is 12.3. The zero-order valence-electron chi connectivity index (χ0n) is 16.2. The van der Waals surface area contributed by atoms with Crippen LogP contribution >= 0.6 is 0 Å². The van der Waals surface area contributed by atoms with Gasteiger partial charge in [-0.05, 0) is 32.6 Å². The summed E-state index contributed by atoms with van der Waals surface area (Å²) in [5, 5.41) is 19.1. The van der Waals surface area contributed by atoms with Crippen LogP contribution in [-0.4, -0.2) is 27.6 Å². The van der Waals surface area contributed by atoms with Gasteiger partial charge in [0, 0.05) is 24.7 Å². The lowest BCUT2D eigenvalue weighted by Crippen LogP contribution is -2.21. The van der Waals surface area contributed by atoms with Crippen molar-refractivity contribution in [2.45, 2.75) is 77.2 Å². The van der Waals surface area contributed by atoms with Gasteiger partial charge in [-0.25, -0.2) is 0 Å². The molecule has 0 spiro atoms. The molecule has 4 nitrogen and oxygen atoms in total. The normalized spacial score (nSPS) is 23.2. The minimum absolute atomic E-state index is 0.0242. The van der Waals surface area contributed by atoms with Crippen LogP contribution in [0.3, 0.4) is 0 Å². The smallest absolute Gasteiger partial charge is 0.303 e. The van der Waals surface area contributed by atoms with Gasteiger partial charge in [0.25, 0.3) is 0 Å². The highest BCUT2D eigenvalue weighted by atomic mass is 16.4. The van der Waals surface area contributed by atoms with Crippen molar-refractivity contribution >= 4 is 11.8 Å². The monoisotopic (exact) mass is 362 g/mol. The molecule has 4 heteroatoms. The number of aliphatic hydroxyl groups is 1. The molecule has 0 saturated heterocycles. The van der Waals surface area contributed by atoms with E-state index < -0.39 is 11.6 Å². The minimum atomic E-state index is -0.849. The quantitative estimate of drug-likeness (QED) is 0.385. The van der Waals surface area contributed by atoms with Gasteiger partial charge in [0.15, 0.2) is 0 Å². The molecule has 0 bridgehead atoms. The molecule has 1 saturated carbocycles. The van der Waals surface area contributed by atoms with E-state index in [2.05, 4.69) is 13.5 Å². The Morgan fingerprint density at radius 3 is 2.69 bits per heavy atom. The lowest BCUT2D eigenvalue weighted by Gasteiger charge is -2.21. The molecule has 1 fully saturated rings. The Hall–Kier alpha value is -1.68. The van der Waals surface area contributed by atoms with Gasteiger partial charge >= 0.3 is 5.97 Å². The van der Waals surface area contributed by atoms with Crippen molar-refractivity contribution < 1.29 is 19.8 Å². The molecular weight excluding hydrogens is 328 g/mol. The molecule has 0 amide bonds. The molecule has 146 valence electrons. The molecule has 26 heavy (non-hydrogen) atoms. The standard InChI is InChI=1S/C22H34O4/c1-4-5-10-14-22(3,26)15-13-18-17(2)16-20(23)19(18)11-8-6-7-9-12-21(24)25/h6,8,13,15,18-19,26H,2,4-5,7,9-12,14,16H2,1,3H3,(H,24,25)/t18-,19+,22+/m0/s1. The van der Waals surface area contributed by atoms with Crippen LogP contribution in [-0.2, 0) is 9.59 Å². The second-order valence-corrected chi connectivity index (χ2v) is 7.60. The number of carboxylic acid groups (broad SMARTS) is 1. The summed E-state index contributed by atoms with van der Waals surface area (Å²) in [6.45, 7) is 8.00. The summed E-state index contributed by atoms with van der Waals surface area (Å²) in [7, 11) is 0. The number of hydrogen-bond donors (Lipinski definition) is 2. The number of carboxylic acids is 1. The fraction of sp³-hybridized carbons (Fsp3) is 0.636. The summed E-state index contributed by atoms with van der Waals surface area (Å²) >= 11 is 0. The van der Waals surface area contributed by atoms with Gasteiger partial charge in [-0.3, -0.25) is 9.59 Å². The van der Waals surface area contributed by atoms with Crippen LogP contribution in [0, 0.1) is 11.8 Å². The number of rotatable bonds is 12. The lowest BCUT2D eigenvalue weighted by atomic mass is 9.88. The van der Waals surface area contributed by atoms with Crippen molar-refractivity contribution in [3.63, 3.8) is 0 Å².